The van der Waals surface area contributed by atoms with Crippen LogP contribution in [0.4, 0.5) is 0 Å². The second-order valence-electron chi connectivity index (χ2n) is 4.38. The molecular weight excluding hydrogens is 210 g/mol. The highest BCUT2D eigenvalue weighted by molar-refractivity contribution is 7.92. The van der Waals surface area contributed by atoms with Crippen molar-refractivity contribution in [3.05, 3.63) is 0 Å². The minimum atomic E-state index is -2.81. The molecule has 0 aliphatic heterocycles. The van der Waals surface area contributed by atoms with E-state index < -0.39 is 9.84 Å². The second kappa shape index (κ2) is 6.48. The lowest BCUT2D eigenvalue weighted by atomic mass is 10.3. The highest BCUT2D eigenvalue weighted by Gasteiger charge is 2.27. The van der Waals surface area contributed by atoms with Crippen molar-refractivity contribution in [2.45, 2.75) is 50.7 Å². The summed E-state index contributed by atoms with van der Waals surface area (Å²) in [4.78, 5) is 0. The van der Waals surface area contributed by atoms with E-state index in [2.05, 4.69) is 12.2 Å². The average Bonchev–Trinajstić information content (AvgIpc) is 2.70. The Labute approximate surface area is 93.6 Å². The van der Waals surface area contributed by atoms with Gasteiger partial charge in [0.25, 0.3) is 0 Å². The van der Waals surface area contributed by atoms with Crippen molar-refractivity contribution in [2.75, 3.05) is 18.8 Å². The van der Waals surface area contributed by atoms with Gasteiger partial charge in [0.2, 0.25) is 0 Å². The average molecular weight is 233 g/mol. The summed E-state index contributed by atoms with van der Waals surface area (Å²) in [5, 5.41) is 3.15. The van der Waals surface area contributed by atoms with Gasteiger partial charge in [-0.1, -0.05) is 26.2 Å². The molecule has 1 aliphatic carbocycles. The zero-order chi connectivity index (χ0) is 11.1. The largest absolute Gasteiger partial charge is 0.316 e. The van der Waals surface area contributed by atoms with Gasteiger partial charge < -0.3 is 5.32 Å². The molecule has 1 N–H and O–H groups in total. The topological polar surface area (TPSA) is 46.2 Å². The zero-order valence-electron chi connectivity index (χ0n) is 9.67. The molecule has 0 aromatic heterocycles. The van der Waals surface area contributed by atoms with E-state index in [1.807, 2.05) is 0 Å². The summed E-state index contributed by atoms with van der Waals surface area (Å²) in [5.41, 5.74) is 0. The van der Waals surface area contributed by atoms with Crippen LogP contribution in [0.1, 0.15) is 45.4 Å². The van der Waals surface area contributed by atoms with E-state index in [4.69, 9.17) is 0 Å². The molecule has 0 amide bonds. The van der Waals surface area contributed by atoms with Crippen LogP contribution >= 0.6 is 0 Å². The van der Waals surface area contributed by atoms with Gasteiger partial charge in [0, 0.05) is 6.54 Å². The van der Waals surface area contributed by atoms with Crippen LogP contribution in [0, 0.1) is 0 Å². The van der Waals surface area contributed by atoms with Crippen LogP contribution in [-0.2, 0) is 9.84 Å². The molecule has 1 aliphatic rings. The van der Waals surface area contributed by atoms with Crippen molar-refractivity contribution in [3.63, 3.8) is 0 Å². The van der Waals surface area contributed by atoms with E-state index in [0.29, 0.717) is 12.3 Å². The van der Waals surface area contributed by atoms with Crippen LogP contribution in [0.2, 0.25) is 0 Å². The summed E-state index contributed by atoms with van der Waals surface area (Å²) in [7, 11) is -2.81. The number of sulfone groups is 1. The molecule has 1 fully saturated rings. The lowest BCUT2D eigenvalue weighted by Crippen LogP contribution is -2.29. The van der Waals surface area contributed by atoms with Crippen LogP contribution in [-0.4, -0.2) is 32.5 Å². The molecule has 3 nitrogen and oxygen atoms in total. The first-order valence-electron chi connectivity index (χ1n) is 6.09. The molecule has 15 heavy (non-hydrogen) atoms. The summed E-state index contributed by atoms with van der Waals surface area (Å²) >= 11 is 0. The Morgan fingerprint density at radius 3 is 2.47 bits per heavy atom. The van der Waals surface area contributed by atoms with Crippen LogP contribution in [0.25, 0.3) is 0 Å². The first-order chi connectivity index (χ1) is 7.17. The van der Waals surface area contributed by atoms with Crippen LogP contribution in [0.5, 0.6) is 0 Å². The molecule has 0 spiro atoms. The van der Waals surface area contributed by atoms with Crippen molar-refractivity contribution >= 4 is 9.84 Å². The van der Waals surface area contributed by atoms with Gasteiger partial charge in [-0.25, -0.2) is 8.42 Å². The first-order valence-corrected chi connectivity index (χ1v) is 7.80. The van der Waals surface area contributed by atoms with Gasteiger partial charge in [0.05, 0.1) is 11.0 Å². The molecule has 0 radical (unpaired) electrons. The summed E-state index contributed by atoms with van der Waals surface area (Å²) in [5.74, 6) is 0.321. The quantitative estimate of drug-likeness (QED) is 0.681. The monoisotopic (exact) mass is 233 g/mol. The molecule has 0 aromatic rings. The van der Waals surface area contributed by atoms with Gasteiger partial charge >= 0.3 is 0 Å². The fourth-order valence-corrected chi connectivity index (χ4v) is 3.87. The maximum Gasteiger partial charge on any atom is 0.154 e. The molecule has 0 saturated heterocycles. The summed E-state index contributed by atoms with van der Waals surface area (Å²) < 4.78 is 23.7. The van der Waals surface area contributed by atoms with Crippen LogP contribution < -0.4 is 5.32 Å². The van der Waals surface area contributed by atoms with Gasteiger partial charge in [0.1, 0.15) is 0 Å². The lowest BCUT2D eigenvalue weighted by molar-refractivity contribution is 0.573. The first kappa shape index (κ1) is 13.0. The van der Waals surface area contributed by atoms with Crippen molar-refractivity contribution < 1.29 is 8.42 Å². The minimum Gasteiger partial charge on any atom is -0.316 e. The van der Waals surface area contributed by atoms with Gasteiger partial charge in [-0.15, -0.1) is 0 Å². The number of hydrogen-bond acceptors (Lipinski definition) is 3. The van der Waals surface area contributed by atoms with Crippen molar-refractivity contribution in [2.24, 2.45) is 0 Å². The molecule has 0 aromatic carbocycles. The van der Waals surface area contributed by atoms with Gasteiger partial charge in [-0.2, -0.15) is 0 Å². The molecule has 4 heteroatoms. The molecule has 0 bridgehead atoms. The van der Waals surface area contributed by atoms with Gasteiger partial charge in [0.15, 0.2) is 9.84 Å². The van der Waals surface area contributed by atoms with Crippen molar-refractivity contribution in [3.8, 4) is 0 Å². The summed E-state index contributed by atoms with van der Waals surface area (Å²) in [6.07, 6.45) is 6.24. The third kappa shape index (κ3) is 4.51. The number of nitrogens with one attached hydrogen (secondary N) is 1. The Morgan fingerprint density at radius 2 is 1.87 bits per heavy atom. The molecule has 1 saturated carbocycles. The maximum atomic E-state index is 11.8. The van der Waals surface area contributed by atoms with Crippen molar-refractivity contribution in [1.29, 1.82) is 0 Å². The van der Waals surface area contributed by atoms with Gasteiger partial charge in [-0.05, 0) is 25.8 Å². The van der Waals surface area contributed by atoms with E-state index in [1.165, 1.54) is 0 Å². The Hall–Kier alpha value is -0.0900. The van der Waals surface area contributed by atoms with Crippen molar-refractivity contribution in [1.82, 2.24) is 5.32 Å². The minimum absolute atomic E-state index is 0.0366. The third-order valence-corrected chi connectivity index (χ3v) is 5.34. The van der Waals surface area contributed by atoms with Crippen LogP contribution in [0.3, 0.4) is 0 Å². The molecule has 0 heterocycles. The highest BCUT2D eigenvalue weighted by Crippen LogP contribution is 2.24. The second-order valence-corrected chi connectivity index (χ2v) is 6.78. The van der Waals surface area contributed by atoms with Gasteiger partial charge in [-0.3, -0.25) is 0 Å². The summed E-state index contributed by atoms with van der Waals surface area (Å²) in [6, 6.07) is 0. The third-order valence-electron chi connectivity index (χ3n) is 3.08. The number of hydrogen-bond donors (Lipinski definition) is 1. The Balaban J connectivity index is 2.18. The van der Waals surface area contributed by atoms with E-state index in [0.717, 1.165) is 45.1 Å². The summed E-state index contributed by atoms with van der Waals surface area (Å²) in [6.45, 7) is 3.70. The Morgan fingerprint density at radius 1 is 1.20 bits per heavy atom. The fraction of sp³-hybridized carbons (Fsp3) is 1.00. The maximum absolute atomic E-state index is 11.8. The Kier molecular flexibility index (Phi) is 5.61. The number of rotatable bonds is 7. The van der Waals surface area contributed by atoms with E-state index in [-0.39, 0.29) is 5.25 Å². The highest BCUT2D eigenvalue weighted by atomic mass is 32.2. The lowest BCUT2D eigenvalue weighted by Gasteiger charge is -2.11. The predicted molar refractivity (Wildman–Crippen MR) is 63.8 cm³/mol. The standard InChI is InChI=1S/C11H23NO2S/c1-2-3-8-12-9-10-15(13,14)11-6-4-5-7-11/h11-12H,2-10H2,1H3. The smallest absolute Gasteiger partial charge is 0.154 e. The van der Waals surface area contributed by atoms with E-state index >= 15 is 0 Å². The molecule has 1 rings (SSSR count). The fourth-order valence-electron chi connectivity index (χ4n) is 2.06. The van der Waals surface area contributed by atoms with E-state index in [1.54, 1.807) is 0 Å². The zero-order valence-corrected chi connectivity index (χ0v) is 10.5. The normalized spacial score (nSPS) is 18.5. The Bertz CT molecular complexity index is 256. The van der Waals surface area contributed by atoms with E-state index in [9.17, 15) is 8.42 Å². The number of unbranched alkanes of at least 4 members (excludes halogenated alkanes) is 1. The molecule has 0 unspecified atom stereocenters. The van der Waals surface area contributed by atoms with Crippen LogP contribution in [0.15, 0.2) is 0 Å². The molecular formula is C11H23NO2S. The SMILES string of the molecule is CCCCNCCS(=O)(=O)C1CCCC1. The molecule has 90 valence electrons. The molecule has 0 atom stereocenters. The predicted octanol–water partition coefficient (Wildman–Crippen LogP) is 1.73.